The van der Waals surface area contributed by atoms with Gasteiger partial charge in [0.15, 0.2) is 0 Å². The van der Waals surface area contributed by atoms with Crippen LogP contribution in [-0.4, -0.2) is 66.2 Å². The lowest BCUT2D eigenvalue weighted by Crippen LogP contribution is -2.48. The Balaban J connectivity index is 1.55. The van der Waals surface area contributed by atoms with Crippen LogP contribution in [0.3, 0.4) is 0 Å². The number of carbonyl (C=O) groups excluding carboxylic acids is 3. The van der Waals surface area contributed by atoms with Crippen molar-refractivity contribution in [1.29, 1.82) is 0 Å². The van der Waals surface area contributed by atoms with E-state index in [4.69, 9.17) is 9.84 Å². The molecule has 2 aliphatic heterocycles. The van der Waals surface area contributed by atoms with Crippen LogP contribution in [0.15, 0.2) is 24.3 Å². The highest BCUT2D eigenvalue weighted by atomic mass is 32.2. The van der Waals surface area contributed by atoms with Crippen molar-refractivity contribution in [2.45, 2.75) is 24.9 Å². The third-order valence-electron chi connectivity index (χ3n) is 4.83. The summed E-state index contributed by atoms with van der Waals surface area (Å²) in [6, 6.07) is 6.91. The molecular formula is C19H25N3O5S. The molecule has 8 nitrogen and oxygen atoms in total. The van der Waals surface area contributed by atoms with Gasteiger partial charge in [0.05, 0.1) is 18.8 Å². The number of hydrogen-bond donors (Lipinski definition) is 3. The van der Waals surface area contributed by atoms with Crippen molar-refractivity contribution in [2.24, 2.45) is 0 Å². The lowest BCUT2D eigenvalue weighted by molar-refractivity contribution is -0.137. The molecule has 2 saturated heterocycles. The summed E-state index contributed by atoms with van der Waals surface area (Å²) in [4.78, 5) is 38.0. The van der Waals surface area contributed by atoms with E-state index in [1.165, 1.54) is 0 Å². The molecule has 152 valence electrons. The van der Waals surface area contributed by atoms with E-state index in [0.717, 1.165) is 18.6 Å². The highest BCUT2D eigenvalue weighted by Gasteiger charge is 2.36. The molecule has 28 heavy (non-hydrogen) atoms. The minimum atomic E-state index is -0.771. The normalized spacial score (nSPS) is 21.8. The fourth-order valence-electron chi connectivity index (χ4n) is 3.34. The Morgan fingerprint density at radius 1 is 1.32 bits per heavy atom. The van der Waals surface area contributed by atoms with Crippen LogP contribution in [0, 0.1) is 0 Å². The molecule has 3 rings (SSSR count). The standard InChI is InChI=1S/C19H25N3O5S/c23-8-9-27-19(6-10-28-13-19)12-20-17(25)18(26)21-14-3-1-4-15(11-14)22-7-2-5-16(22)24/h1,3-4,11,23H,2,5-10,12-13H2,(H,20,25)(H,21,26). The first-order valence-corrected chi connectivity index (χ1v) is 10.5. The Kier molecular flexibility index (Phi) is 6.93. The van der Waals surface area contributed by atoms with Crippen molar-refractivity contribution in [2.75, 3.05) is 48.0 Å². The largest absolute Gasteiger partial charge is 0.394 e. The zero-order valence-corrected chi connectivity index (χ0v) is 16.4. The molecule has 0 aliphatic carbocycles. The molecule has 0 aromatic heterocycles. The minimum Gasteiger partial charge on any atom is -0.394 e. The van der Waals surface area contributed by atoms with E-state index in [9.17, 15) is 14.4 Å². The zero-order chi connectivity index (χ0) is 20.0. The van der Waals surface area contributed by atoms with Crippen LogP contribution >= 0.6 is 11.8 Å². The smallest absolute Gasteiger partial charge is 0.313 e. The van der Waals surface area contributed by atoms with Gasteiger partial charge in [0.2, 0.25) is 5.91 Å². The Bertz CT molecular complexity index is 736. The van der Waals surface area contributed by atoms with Gasteiger partial charge in [0.25, 0.3) is 0 Å². The number of ether oxygens (including phenoxy) is 1. The van der Waals surface area contributed by atoms with Crippen LogP contribution in [0.4, 0.5) is 11.4 Å². The number of anilines is 2. The summed E-state index contributed by atoms with van der Waals surface area (Å²) in [5.74, 6) is 0.166. The molecule has 2 fully saturated rings. The quantitative estimate of drug-likeness (QED) is 0.576. The SMILES string of the molecule is O=C(NCC1(OCCO)CCSC1)C(=O)Nc1cccc(N2CCCC2=O)c1. The van der Waals surface area contributed by atoms with E-state index in [-0.39, 0.29) is 25.7 Å². The van der Waals surface area contributed by atoms with Gasteiger partial charge in [0.1, 0.15) is 0 Å². The molecule has 0 saturated carbocycles. The van der Waals surface area contributed by atoms with Gasteiger partial charge in [-0.1, -0.05) is 6.07 Å². The van der Waals surface area contributed by atoms with Crippen molar-refractivity contribution in [3.05, 3.63) is 24.3 Å². The van der Waals surface area contributed by atoms with E-state index in [1.54, 1.807) is 40.9 Å². The number of benzene rings is 1. The van der Waals surface area contributed by atoms with Crippen LogP contribution in [0.5, 0.6) is 0 Å². The monoisotopic (exact) mass is 407 g/mol. The van der Waals surface area contributed by atoms with Crippen molar-refractivity contribution in [3.63, 3.8) is 0 Å². The highest BCUT2D eigenvalue weighted by Crippen LogP contribution is 2.31. The summed E-state index contributed by atoms with van der Waals surface area (Å²) in [5.41, 5.74) is 0.624. The summed E-state index contributed by atoms with van der Waals surface area (Å²) >= 11 is 1.72. The van der Waals surface area contributed by atoms with E-state index in [2.05, 4.69) is 10.6 Å². The van der Waals surface area contributed by atoms with Crippen LogP contribution in [0.1, 0.15) is 19.3 Å². The van der Waals surface area contributed by atoms with Gasteiger partial charge < -0.3 is 25.4 Å². The second-order valence-corrected chi connectivity index (χ2v) is 8.00. The average Bonchev–Trinajstić information content (AvgIpc) is 3.34. The molecule has 3 amide bonds. The van der Waals surface area contributed by atoms with E-state index in [1.807, 2.05) is 0 Å². The zero-order valence-electron chi connectivity index (χ0n) is 15.6. The Hall–Kier alpha value is -2.10. The predicted octanol–water partition coefficient (Wildman–Crippen LogP) is 0.753. The molecule has 2 aliphatic rings. The minimum absolute atomic E-state index is 0.0591. The van der Waals surface area contributed by atoms with Crippen molar-refractivity contribution < 1.29 is 24.2 Å². The number of nitrogens with one attached hydrogen (secondary N) is 2. The van der Waals surface area contributed by atoms with Crippen LogP contribution in [0.2, 0.25) is 0 Å². The topological polar surface area (TPSA) is 108 Å². The summed E-state index contributed by atoms with van der Waals surface area (Å²) in [6.45, 7) is 0.987. The van der Waals surface area contributed by atoms with Gasteiger partial charge in [-0.25, -0.2) is 0 Å². The molecule has 3 N–H and O–H groups in total. The molecule has 1 aromatic carbocycles. The van der Waals surface area contributed by atoms with Gasteiger partial charge in [-0.15, -0.1) is 0 Å². The molecule has 1 aromatic rings. The third kappa shape index (κ3) is 5.03. The molecule has 1 unspecified atom stereocenters. The Labute approximate surface area is 168 Å². The first-order chi connectivity index (χ1) is 13.5. The molecule has 0 radical (unpaired) electrons. The van der Waals surface area contributed by atoms with Crippen molar-refractivity contribution in [1.82, 2.24) is 5.32 Å². The number of aliphatic hydroxyl groups is 1. The van der Waals surface area contributed by atoms with Crippen molar-refractivity contribution >= 4 is 40.9 Å². The summed E-state index contributed by atoms with van der Waals surface area (Å²) in [7, 11) is 0. The summed E-state index contributed by atoms with van der Waals surface area (Å²) in [5, 5.41) is 14.2. The number of aliphatic hydroxyl groups excluding tert-OH is 1. The van der Waals surface area contributed by atoms with Crippen LogP contribution in [-0.2, 0) is 19.1 Å². The van der Waals surface area contributed by atoms with Gasteiger partial charge in [-0.3, -0.25) is 14.4 Å². The van der Waals surface area contributed by atoms with E-state index < -0.39 is 17.4 Å². The fraction of sp³-hybridized carbons (Fsp3) is 0.526. The third-order valence-corrected chi connectivity index (χ3v) is 6.06. The molecule has 2 heterocycles. The Morgan fingerprint density at radius 2 is 2.18 bits per heavy atom. The number of rotatable bonds is 7. The van der Waals surface area contributed by atoms with Gasteiger partial charge in [-0.05, 0) is 36.8 Å². The fourth-order valence-corrected chi connectivity index (χ4v) is 4.70. The number of amides is 3. The summed E-state index contributed by atoms with van der Waals surface area (Å²) in [6.07, 6.45) is 2.10. The van der Waals surface area contributed by atoms with Crippen LogP contribution < -0.4 is 15.5 Å². The number of carbonyl (C=O) groups is 3. The molecule has 0 spiro atoms. The number of thioether (sulfide) groups is 1. The molecular weight excluding hydrogens is 382 g/mol. The average molecular weight is 407 g/mol. The van der Waals surface area contributed by atoms with E-state index in [0.29, 0.717) is 30.1 Å². The maximum atomic E-state index is 12.2. The number of hydrogen-bond acceptors (Lipinski definition) is 6. The lowest BCUT2D eigenvalue weighted by atomic mass is 10.0. The van der Waals surface area contributed by atoms with Gasteiger partial charge >= 0.3 is 11.8 Å². The van der Waals surface area contributed by atoms with Crippen molar-refractivity contribution in [3.8, 4) is 0 Å². The van der Waals surface area contributed by atoms with Gasteiger partial charge in [0, 0.05) is 36.6 Å². The van der Waals surface area contributed by atoms with Gasteiger partial charge in [-0.2, -0.15) is 11.8 Å². The first-order valence-electron chi connectivity index (χ1n) is 9.35. The van der Waals surface area contributed by atoms with E-state index >= 15 is 0 Å². The lowest BCUT2D eigenvalue weighted by Gasteiger charge is -2.28. The molecule has 0 bridgehead atoms. The summed E-state index contributed by atoms with van der Waals surface area (Å²) < 4.78 is 5.72. The second kappa shape index (κ2) is 9.40. The first kappa shape index (κ1) is 20.6. The van der Waals surface area contributed by atoms with Crippen LogP contribution in [0.25, 0.3) is 0 Å². The second-order valence-electron chi connectivity index (χ2n) is 6.89. The molecule has 9 heteroatoms. The predicted molar refractivity (Wildman–Crippen MR) is 107 cm³/mol. The molecule has 1 atom stereocenters. The maximum absolute atomic E-state index is 12.2. The Morgan fingerprint density at radius 3 is 2.86 bits per heavy atom. The number of nitrogens with zero attached hydrogens (tertiary/aromatic N) is 1. The maximum Gasteiger partial charge on any atom is 0.313 e. The highest BCUT2D eigenvalue weighted by molar-refractivity contribution is 7.99.